The van der Waals surface area contributed by atoms with Gasteiger partial charge in [0.1, 0.15) is 5.82 Å². The van der Waals surface area contributed by atoms with E-state index in [0.29, 0.717) is 26.1 Å². The largest absolute Gasteiger partial charge is 0.480 e. The molecule has 2 atom stereocenters. The highest BCUT2D eigenvalue weighted by Crippen LogP contribution is 2.29. The van der Waals surface area contributed by atoms with Gasteiger partial charge in [-0.25, -0.2) is 9.37 Å². The van der Waals surface area contributed by atoms with Crippen LogP contribution in [-0.2, 0) is 4.74 Å². The van der Waals surface area contributed by atoms with Crippen LogP contribution in [0.5, 0.6) is 5.88 Å². The Labute approximate surface area is 116 Å². The summed E-state index contributed by atoms with van der Waals surface area (Å²) in [5.41, 5.74) is 0.235. The third-order valence-electron chi connectivity index (χ3n) is 3.89. The summed E-state index contributed by atoms with van der Waals surface area (Å²) in [6.07, 6.45) is 2.46. The molecule has 0 amide bonds. The van der Waals surface area contributed by atoms with Gasteiger partial charge >= 0.3 is 0 Å². The molecule has 2 unspecified atom stereocenters. The molecular weight excluding hydrogens is 263 g/mol. The van der Waals surface area contributed by atoms with E-state index >= 15 is 0 Å². The van der Waals surface area contributed by atoms with E-state index in [4.69, 9.17) is 9.47 Å². The minimum Gasteiger partial charge on any atom is -0.480 e. The Kier molecular flexibility index (Phi) is 3.67. The molecule has 0 aromatic carbocycles. The summed E-state index contributed by atoms with van der Waals surface area (Å²) in [5.74, 6) is -0.553. The molecule has 0 spiro atoms. The van der Waals surface area contributed by atoms with E-state index in [2.05, 4.69) is 10.3 Å². The molecule has 1 N–H and O–H groups in total. The topological polar surface area (TPSA) is 60.5 Å². The number of Topliss-reactive ketones (excluding diaryl/α,β-unsaturated/α-hetero) is 1. The van der Waals surface area contributed by atoms with E-state index in [-0.39, 0.29) is 35.2 Å². The Hall–Kier alpha value is -1.53. The highest BCUT2D eigenvalue weighted by molar-refractivity contribution is 6.00. The number of ketones is 1. The fourth-order valence-corrected chi connectivity index (χ4v) is 3.04. The van der Waals surface area contributed by atoms with Crippen molar-refractivity contribution in [1.29, 1.82) is 0 Å². The molecule has 0 radical (unpaired) electrons. The molecule has 3 heterocycles. The van der Waals surface area contributed by atoms with Gasteiger partial charge in [-0.05, 0) is 18.9 Å². The van der Waals surface area contributed by atoms with Crippen molar-refractivity contribution in [2.45, 2.75) is 24.9 Å². The molecular formula is C14H17FN2O3. The van der Waals surface area contributed by atoms with E-state index in [9.17, 15) is 9.18 Å². The van der Waals surface area contributed by atoms with Crippen molar-refractivity contribution in [3.8, 4) is 5.88 Å². The zero-order valence-electron chi connectivity index (χ0n) is 11.3. The Morgan fingerprint density at radius 2 is 2.15 bits per heavy atom. The number of morpholine rings is 1. The summed E-state index contributed by atoms with van der Waals surface area (Å²) in [4.78, 5) is 16.4. The fraction of sp³-hybridized carbons (Fsp3) is 0.571. The molecule has 108 valence electrons. The predicted molar refractivity (Wildman–Crippen MR) is 69.3 cm³/mol. The number of aromatic nitrogens is 1. The van der Waals surface area contributed by atoms with Gasteiger partial charge in [0, 0.05) is 18.0 Å². The van der Waals surface area contributed by atoms with Crippen LogP contribution in [0.15, 0.2) is 12.3 Å². The van der Waals surface area contributed by atoms with Gasteiger partial charge in [-0.2, -0.15) is 0 Å². The van der Waals surface area contributed by atoms with Gasteiger partial charge in [0.05, 0.1) is 32.1 Å². The highest BCUT2D eigenvalue weighted by Gasteiger charge is 2.36. The maximum atomic E-state index is 13.3. The van der Waals surface area contributed by atoms with Crippen molar-refractivity contribution < 1.29 is 18.7 Å². The SMILES string of the molecule is COc1ncc(F)cc1C(=O)C1CC2COCC(C1)N2. The quantitative estimate of drug-likeness (QED) is 0.842. The lowest BCUT2D eigenvalue weighted by atomic mass is 9.82. The second kappa shape index (κ2) is 5.46. The van der Waals surface area contributed by atoms with Gasteiger partial charge in [-0.1, -0.05) is 0 Å². The number of carbonyl (C=O) groups excluding carboxylic acids is 1. The van der Waals surface area contributed by atoms with Crippen LogP contribution < -0.4 is 10.1 Å². The number of methoxy groups -OCH3 is 1. The fourth-order valence-electron chi connectivity index (χ4n) is 3.04. The number of nitrogens with one attached hydrogen (secondary N) is 1. The molecule has 5 nitrogen and oxygen atoms in total. The summed E-state index contributed by atoms with van der Waals surface area (Å²) < 4.78 is 23.9. The zero-order valence-corrected chi connectivity index (χ0v) is 11.3. The number of ether oxygens (including phenoxy) is 2. The minimum atomic E-state index is -0.522. The van der Waals surface area contributed by atoms with Gasteiger partial charge in [0.25, 0.3) is 0 Å². The predicted octanol–water partition coefficient (Wildman–Crippen LogP) is 1.18. The standard InChI is InChI=1S/C14H17FN2O3/c1-19-14-12(4-9(15)5-16-14)13(18)8-2-10-6-20-7-11(3-8)17-10/h4-5,8,10-11,17H,2-3,6-7H2,1H3. The number of carbonyl (C=O) groups is 1. The lowest BCUT2D eigenvalue weighted by molar-refractivity contribution is 0.00946. The summed E-state index contributed by atoms with van der Waals surface area (Å²) >= 11 is 0. The summed E-state index contributed by atoms with van der Waals surface area (Å²) in [5, 5.41) is 3.43. The number of rotatable bonds is 3. The van der Waals surface area contributed by atoms with Crippen molar-refractivity contribution in [3.05, 3.63) is 23.6 Å². The molecule has 20 heavy (non-hydrogen) atoms. The lowest BCUT2D eigenvalue weighted by Gasteiger charge is -2.39. The maximum absolute atomic E-state index is 13.3. The van der Waals surface area contributed by atoms with Crippen LogP contribution in [0.1, 0.15) is 23.2 Å². The van der Waals surface area contributed by atoms with Crippen molar-refractivity contribution >= 4 is 5.78 Å². The second-order valence-electron chi connectivity index (χ2n) is 5.34. The van der Waals surface area contributed by atoms with Crippen LogP contribution in [0.2, 0.25) is 0 Å². The number of pyridine rings is 1. The van der Waals surface area contributed by atoms with Gasteiger partial charge in [-0.3, -0.25) is 4.79 Å². The summed E-state index contributed by atoms with van der Waals surface area (Å²) in [6.45, 7) is 1.25. The maximum Gasteiger partial charge on any atom is 0.224 e. The third kappa shape index (κ3) is 2.53. The van der Waals surface area contributed by atoms with Crippen LogP contribution >= 0.6 is 0 Å². The van der Waals surface area contributed by atoms with Crippen molar-refractivity contribution in [3.63, 3.8) is 0 Å². The van der Waals surface area contributed by atoms with Gasteiger partial charge < -0.3 is 14.8 Å². The number of hydrogen-bond donors (Lipinski definition) is 1. The molecule has 1 aromatic rings. The Morgan fingerprint density at radius 3 is 2.80 bits per heavy atom. The van der Waals surface area contributed by atoms with Crippen molar-refractivity contribution in [2.75, 3.05) is 20.3 Å². The Balaban J connectivity index is 1.83. The number of fused-ring (bicyclic) bond motifs is 2. The van der Waals surface area contributed by atoms with E-state index in [1.165, 1.54) is 13.2 Å². The second-order valence-corrected chi connectivity index (χ2v) is 5.34. The Bertz CT molecular complexity index is 511. The number of hydrogen-bond acceptors (Lipinski definition) is 5. The summed E-state index contributed by atoms with van der Waals surface area (Å²) in [6, 6.07) is 1.61. The number of nitrogens with zero attached hydrogens (tertiary/aromatic N) is 1. The molecule has 3 rings (SSSR count). The molecule has 2 fully saturated rings. The van der Waals surface area contributed by atoms with E-state index in [0.717, 1.165) is 6.20 Å². The number of halogens is 1. The zero-order chi connectivity index (χ0) is 14.1. The van der Waals surface area contributed by atoms with Crippen LogP contribution in [-0.4, -0.2) is 43.2 Å². The molecule has 1 aromatic heterocycles. The van der Waals surface area contributed by atoms with Crippen LogP contribution in [0.25, 0.3) is 0 Å². The first-order valence-corrected chi connectivity index (χ1v) is 6.75. The van der Waals surface area contributed by atoms with Crippen LogP contribution in [0, 0.1) is 11.7 Å². The smallest absolute Gasteiger partial charge is 0.224 e. The number of piperidine rings is 1. The van der Waals surface area contributed by atoms with Gasteiger partial charge in [0.15, 0.2) is 5.78 Å². The van der Waals surface area contributed by atoms with E-state index < -0.39 is 5.82 Å². The molecule has 2 bridgehead atoms. The van der Waals surface area contributed by atoms with E-state index in [1.807, 2.05) is 0 Å². The first-order valence-electron chi connectivity index (χ1n) is 6.75. The monoisotopic (exact) mass is 280 g/mol. The molecule has 0 aliphatic carbocycles. The average molecular weight is 280 g/mol. The average Bonchev–Trinajstić information content (AvgIpc) is 2.46. The molecule has 2 aliphatic heterocycles. The molecule has 2 saturated heterocycles. The lowest BCUT2D eigenvalue weighted by Crippen LogP contribution is -2.55. The van der Waals surface area contributed by atoms with Crippen molar-refractivity contribution in [1.82, 2.24) is 10.3 Å². The summed E-state index contributed by atoms with van der Waals surface area (Å²) in [7, 11) is 1.43. The highest BCUT2D eigenvalue weighted by atomic mass is 19.1. The normalized spacial score (nSPS) is 29.0. The van der Waals surface area contributed by atoms with Crippen LogP contribution in [0.3, 0.4) is 0 Å². The Morgan fingerprint density at radius 1 is 1.45 bits per heavy atom. The minimum absolute atomic E-state index is 0.0905. The van der Waals surface area contributed by atoms with Crippen molar-refractivity contribution in [2.24, 2.45) is 5.92 Å². The molecule has 0 saturated carbocycles. The van der Waals surface area contributed by atoms with Gasteiger partial charge in [0.2, 0.25) is 5.88 Å². The first kappa shape index (κ1) is 13.5. The molecule has 6 heteroatoms. The molecule has 2 aliphatic rings. The van der Waals surface area contributed by atoms with E-state index in [1.54, 1.807) is 0 Å². The third-order valence-corrected chi connectivity index (χ3v) is 3.89. The van der Waals surface area contributed by atoms with Gasteiger partial charge in [-0.15, -0.1) is 0 Å². The first-order chi connectivity index (χ1) is 9.67. The van der Waals surface area contributed by atoms with Crippen LogP contribution in [0.4, 0.5) is 4.39 Å².